The summed E-state index contributed by atoms with van der Waals surface area (Å²) in [5, 5.41) is 0. The minimum Gasteiger partial charge on any atom is -0.300 e. The van der Waals surface area contributed by atoms with Crippen molar-refractivity contribution < 1.29 is 0 Å². The van der Waals surface area contributed by atoms with E-state index in [2.05, 4.69) is 59.8 Å². The van der Waals surface area contributed by atoms with E-state index in [0.29, 0.717) is 5.92 Å². The first-order valence-corrected chi connectivity index (χ1v) is 6.95. The second-order valence-corrected chi connectivity index (χ2v) is 5.23. The van der Waals surface area contributed by atoms with Crippen LogP contribution < -0.4 is 0 Å². The van der Waals surface area contributed by atoms with Gasteiger partial charge in [0.2, 0.25) is 0 Å². The molecule has 0 fully saturated rings. The average molecular weight is 262 g/mol. The molecule has 2 heteroatoms. The van der Waals surface area contributed by atoms with Gasteiger partial charge < -0.3 is 0 Å². The lowest BCUT2D eigenvalue weighted by Crippen LogP contribution is -1.97. The van der Waals surface area contributed by atoms with E-state index in [0.717, 1.165) is 17.1 Å². The van der Waals surface area contributed by atoms with E-state index in [9.17, 15) is 0 Å². The van der Waals surface area contributed by atoms with Crippen LogP contribution in [0.15, 0.2) is 67.0 Å². The van der Waals surface area contributed by atoms with Crippen LogP contribution in [0.4, 0.5) is 0 Å². The summed E-state index contributed by atoms with van der Waals surface area (Å²) in [7, 11) is 0. The van der Waals surface area contributed by atoms with Gasteiger partial charge in [0, 0.05) is 23.6 Å². The highest BCUT2D eigenvalue weighted by Gasteiger charge is 2.07. The van der Waals surface area contributed by atoms with Crippen molar-refractivity contribution >= 4 is 0 Å². The van der Waals surface area contributed by atoms with E-state index in [1.54, 1.807) is 0 Å². The molecule has 2 aromatic carbocycles. The fourth-order valence-electron chi connectivity index (χ4n) is 2.33. The zero-order chi connectivity index (χ0) is 13.9. The monoisotopic (exact) mass is 262 g/mol. The number of rotatable bonds is 3. The number of nitrogens with zero attached hydrogens (tertiary/aromatic N) is 2. The Balaban J connectivity index is 2.01. The third-order valence-corrected chi connectivity index (χ3v) is 3.51. The summed E-state index contributed by atoms with van der Waals surface area (Å²) in [6, 6.07) is 19.0. The van der Waals surface area contributed by atoms with Gasteiger partial charge in [0.25, 0.3) is 0 Å². The molecule has 0 bridgehead atoms. The van der Waals surface area contributed by atoms with Gasteiger partial charge in [0.1, 0.15) is 5.82 Å². The van der Waals surface area contributed by atoms with Crippen LogP contribution in [0.3, 0.4) is 0 Å². The second-order valence-electron chi connectivity index (χ2n) is 5.23. The lowest BCUT2D eigenvalue weighted by molar-refractivity contribution is 0.865. The summed E-state index contributed by atoms with van der Waals surface area (Å²) in [4.78, 5) is 4.48. The Morgan fingerprint density at radius 3 is 2.25 bits per heavy atom. The average Bonchev–Trinajstić information content (AvgIpc) is 2.97. The normalized spacial score (nSPS) is 10.9. The maximum absolute atomic E-state index is 4.48. The molecule has 0 saturated heterocycles. The van der Waals surface area contributed by atoms with E-state index in [-0.39, 0.29) is 0 Å². The van der Waals surface area contributed by atoms with Gasteiger partial charge in [-0.2, -0.15) is 0 Å². The van der Waals surface area contributed by atoms with Crippen LogP contribution in [0.5, 0.6) is 0 Å². The molecule has 0 N–H and O–H groups in total. The molecular formula is C18H18N2. The van der Waals surface area contributed by atoms with Crippen molar-refractivity contribution in [2.24, 2.45) is 0 Å². The molecule has 3 aromatic rings. The van der Waals surface area contributed by atoms with Gasteiger partial charge in [0.05, 0.1) is 0 Å². The van der Waals surface area contributed by atoms with Crippen LogP contribution in [-0.2, 0) is 0 Å². The van der Waals surface area contributed by atoms with Crippen LogP contribution in [0, 0.1) is 0 Å². The molecular weight excluding hydrogens is 244 g/mol. The van der Waals surface area contributed by atoms with Crippen LogP contribution in [0.25, 0.3) is 17.1 Å². The smallest absolute Gasteiger partial charge is 0.144 e. The first-order valence-electron chi connectivity index (χ1n) is 6.95. The number of aromatic nitrogens is 2. The van der Waals surface area contributed by atoms with Crippen molar-refractivity contribution in [3.8, 4) is 17.1 Å². The fourth-order valence-corrected chi connectivity index (χ4v) is 2.33. The zero-order valence-electron chi connectivity index (χ0n) is 11.8. The first-order chi connectivity index (χ1) is 9.75. The molecule has 100 valence electrons. The highest BCUT2D eigenvalue weighted by atomic mass is 15.1. The summed E-state index contributed by atoms with van der Waals surface area (Å²) < 4.78 is 2.12. The molecule has 2 nitrogen and oxygen atoms in total. The van der Waals surface area contributed by atoms with Gasteiger partial charge in [-0.15, -0.1) is 0 Å². The molecule has 0 spiro atoms. The molecule has 0 amide bonds. The molecule has 20 heavy (non-hydrogen) atoms. The Hall–Kier alpha value is -2.35. The molecule has 0 atom stereocenters. The zero-order valence-corrected chi connectivity index (χ0v) is 11.8. The summed E-state index contributed by atoms with van der Waals surface area (Å²) in [6.45, 7) is 4.42. The highest BCUT2D eigenvalue weighted by molar-refractivity contribution is 5.58. The van der Waals surface area contributed by atoms with Crippen LogP contribution in [0.2, 0.25) is 0 Å². The quantitative estimate of drug-likeness (QED) is 0.671. The minimum atomic E-state index is 0.556. The Morgan fingerprint density at radius 2 is 1.60 bits per heavy atom. The standard InChI is InChI=1S/C18H18N2/c1-14(2)15-8-10-17(11-9-15)20-13-12-19-18(20)16-6-4-3-5-7-16/h3-14H,1-2H3. The topological polar surface area (TPSA) is 17.8 Å². The van der Waals surface area contributed by atoms with Gasteiger partial charge in [0.15, 0.2) is 0 Å². The lowest BCUT2D eigenvalue weighted by atomic mass is 10.0. The Bertz CT molecular complexity index is 679. The van der Waals surface area contributed by atoms with Crippen molar-refractivity contribution in [2.75, 3.05) is 0 Å². The van der Waals surface area contributed by atoms with Gasteiger partial charge in [-0.3, -0.25) is 4.57 Å². The predicted molar refractivity (Wildman–Crippen MR) is 83.1 cm³/mol. The summed E-state index contributed by atoms with van der Waals surface area (Å²) >= 11 is 0. The minimum absolute atomic E-state index is 0.556. The number of benzene rings is 2. The number of imidazole rings is 1. The van der Waals surface area contributed by atoms with Crippen LogP contribution in [-0.4, -0.2) is 9.55 Å². The third-order valence-electron chi connectivity index (χ3n) is 3.51. The molecule has 0 unspecified atom stereocenters. The molecule has 1 heterocycles. The maximum atomic E-state index is 4.48. The largest absolute Gasteiger partial charge is 0.300 e. The predicted octanol–water partition coefficient (Wildman–Crippen LogP) is 4.66. The van der Waals surface area contributed by atoms with Crippen molar-refractivity contribution in [3.63, 3.8) is 0 Å². The van der Waals surface area contributed by atoms with E-state index in [1.165, 1.54) is 5.56 Å². The van der Waals surface area contributed by atoms with Crippen molar-refractivity contribution in [1.29, 1.82) is 0 Å². The van der Waals surface area contributed by atoms with E-state index in [1.807, 2.05) is 30.6 Å². The van der Waals surface area contributed by atoms with Gasteiger partial charge >= 0.3 is 0 Å². The molecule has 0 radical (unpaired) electrons. The Labute approximate surface area is 119 Å². The highest BCUT2D eigenvalue weighted by Crippen LogP contribution is 2.22. The van der Waals surface area contributed by atoms with Crippen LogP contribution in [0.1, 0.15) is 25.3 Å². The van der Waals surface area contributed by atoms with Gasteiger partial charge in [-0.05, 0) is 23.6 Å². The third kappa shape index (κ3) is 2.37. The van der Waals surface area contributed by atoms with E-state index < -0.39 is 0 Å². The summed E-state index contributed by atoms with van der Waals surface area (Å²) in [6.07, 6.45) is 3.85. The Morgan fingerprint density at radius 1 is 0.900 bits per heavy atom. The molecule has 3 rings (SSSR count). The molecule has 0 aliphatic rings. The van der Waals surface area contributed by atoms with Crippen molar-refractivity contribution in [2.45, 2.75) is 19.8 Å². The Kier molecular flexibility index (Phi) is 3.38. The fraction of sp³-hybridized carbons (Fsp3) is 0.167. The van der Waals surface area contributed by atoms with Crippen molar-refractivity contribution in [3.05, 3.63) is 72.6 Å². The van der Waals surface area contributed by atoms with Crippen LogP contribution >= 0.6 is 0 Å². The molecule has 0 aliphatic heterocycles. The van der Waals surface area contributed by atoms with Gasteiger partial charge in [-0.25, -0.2) is 4.98 Å². The SMILES string of the molecule is CC(C)c1ccc(-n2ccnc2-c2ccccc2)cc1. The first kappa shape index (κ1) is 12.7. The van der Waals surface area contributed by atoms with E-state index >= 15 is 0 Å². The molecule has 1 aromatic heterocycles. The van der Waals surface area contributed by atoms with E-state index in [4.69, 9.17) is 0 Å². The van der Waals surface area contributed by atoms with Gasteiger partial charge in [-0.1, -0.05) is 56.3 Å². The second kappa shape index (κ2) is 5.33. The summed E-state index contributed by atoms with van der Waals surface area (Å²) in [5.74, 6) is 1.53. The summed E-state index contributed by atoms with van der Waals surface area (Å²) in [5.41, 5.74) is 3.63. The number of hydrogen-bond donors (Lipinski definition) is 0. The molecule has 0 saturated carbocycles. The number of hydrogen-bond acceptors (Lipinski definition) is 1. The molecule has 0 aliphatic carbocycles. The maximum Gasteiger partial charge on any atom is 0.144 e. The van der Waals surface area contributed by atoms with Crippen molar-refractivity contribution in [1.82, 2.24) is 9.55 Å². The lowest BCUT2D eigenvalue weighted by Gasteiger charge is -2.10.